The lowest BCUT2D eigenvalue weighted by Gasteiger charge is -2.25. The molecule has 1 N–H and O–H groups in total. The first-order valence-corrected chi connectivity index (χ1v) is 6.28. The third-order valence-corrected chi connectivity index (χ3v) is 3.62. The first-order chi connectivity index (χ1) is 7.83. The lowest BCUT2D eigenvalue weighted by molar-refractivity contribution is 0.0328. The highest BCUT2D eigenvalue weighted by molar-refractivity contribution is 7.73. The zero-order valence-corrected chi connectivity index (χ0v) is 10.2. The van der Waals surface area contributed by atoms with Crippen molar-refractivity contribution in [3.05, 3.63) is 9.78 Å². The Balaban J connectivity index is 1.84. The number of nitrogens with one attached hydrogen (secondary N) is 1. The number of hydrogen-bond acceptors (Lipinski definition) is 6. The number of H-pyrrole nitrogens is 1. The van der Waals surface area contributed by atoms with E-state index < -0.39 is 0 Å². The topological polar surface area (TPSA) is 58.5 Å². The lowest BCUT2D eigenvalue weighted by atomic mass is 10.4. The van der Waals surface area contributed by atoms with E-state index in [0.29, 0.717) is 0 Å². The molecule has 0 atom stereocenters. The fourth-order valence-corrected chi connectivity index (χ4v) is 2.68. The zero-order valence-electron chi connectivity index (χ0n) is 8.55. The Bertz CT molecular complexity index is 538. The number of ether oxygens (including phenoxy) is 1. The summed E-state index contributed by atoms with van der Waals surface area (Å²) in [5, 5.41) is 11.3. The Morgan fingerprint density at radius 2 is 2.19 bits per heavy atom. The van der Waals surface area contributed by atoms with E-state index in [0.717, 1.165) is 47.6 Å². The molecule has 2 aromatic rings. The molecule has 0 unspecified atom stereocenters. The maximum Gasteiger partial charge on any atom is 0.233 e. The Labute approximate surface area is 101 Å². The second kappa shape index (κ2) is 4.21. The van der Waals surface area contributed by atoms with Crippen LogP contribution in [0.3, 0.4) is 0 Å². The highest BCUT2D eigenvalue weighted by Gasteiger charge is 2.15. The van der Waals surface area contributed by atoms with Crippen LogP contribution in [-0.2, 0) is 11.3 Å². The first-order valence-electron chi connectivity index (χ1n) is 5.06. The van der Waals surface area contributed by atoms with Crippen LogP contribution in [0.5, 0.6) is 0 Å². The van der Waals surface area contributed by atoms with E-state index in [9.17, 15) is 0 Å². The molecule has 1 aliphatic heterocycles. The van der Waals surface area contributed by atoms with Gasteiger partial charge >= 0.3 is 0 Å². The van der Waals surface area contributed by atoms with Crippen LogP contribution in [0, 0.1) is 3.95 Å². The average molecular weight is 257 g/mol. The fraction of sp³-hybridized carbons (Fsp3) is 0.625. The summed E-state index contributed by atoms with van der Waals surface area (Å²) in [6.45, 7) is 4.26. The van der Waals surface area contributed by atoms with Crippen LogP contribution in [0.1, 0.15) is 5.82 Å². The minimum Gasteiger partial charge on any atom is -0.379 e. The number of aromatic amines is 1. The van der Waals surface area contributed by atoms with Crippen LogP contribution in [0.15, 0.2) is 0 Å². The summed E-state index contributed by atoms with van der Waals surface area (Å²) < 4.78 is 7.90. The number of rotatable bonds is 2. The predicted octanol–water partition coefficient (Wildman–Crippen LogP) is 0.681. The third-order valence-electron chi connectivity index (χ3n) is 2.56. The summed E-state index contributed by atoms with van der Waals surface area (Å²) in [5.74, 6) is 0.907. The fourth-order valence-electron chi connectivity index (χ4n) is 1.74. The second-order valence-corrected chi connectivity index (χ2v) is 5.27. The van der Waals surface area contributed by atoms with Crippen LogP contribution in [0.2, 0.25) is 0 Å². The number of hydrogen-bond donors (Lipinski definition) is 1. The van der Waals surface area contributed by atoms with Gasteiger partial charge in [0.1, 0.15) is 0 Å². The summed E-state index contributed by atoms with van der Waals surface area (Å²) >= 11 is 6.51. The van der Waals surface area contributed by atoms with E-state index in [1.54, 1.807) is 0 Å². The van der Waals surface area contributed by atoms with Gasteiger partial charge in [-0.3, -0.25) is 10.00 Å². The van der Waals surface area contributed by atoms with Gasteiger partial charge in [0, 0.05) is 13.1 Å². The molecule has 6 nitrogen and oxygen atoms in total. The van der Waals surface area contributed by atoms with Crippen molar-refractivity contribution >= 4 is 28.5 Å². The number of fused-ring (bicyclic) bond motifs is 1. The van der Waals surface area contributed by atoms with Crippen molar-refractivity contribution in [3.63, 3.8) is 0 Å². The van der Waals surface area contributed by atoms with Crippen molar-refractivity contribution < 1.29 is 4.74 Å². The van der Waals surface area contributed by atoms with Gasteiger partial charge in [0.15, 0.2) is 9.78 Å². The summed E-state index contributed by atoms with van der Waals surface area (Å²) in [4.78, 5) is 3.13. The van der Waals surface area contributed by atoms with E-state index in [1.807, 2.05) is 4.52 Å². The predicted molar refractivity (Wildman–Crippen MR) is 62.1 cm³/mol. The van der Waals surface area contributed by atoms with Gasteiger partial charge in [0.05, 0.1) is 19.8 Å². The Kier molecular flexibility index (Phi) is 2.72. The smallest absolute Gasteiger partial charge is 0.233 e. The molecule has 16 heavy (non-hydrogen) atoms. The average Bonchev–Trinajstić information content (AvgIpc) is 2.81. The molecule has 1 aliphatic rings. The molecule has 0 bridgehead atoms. The van der Waals surface area contributed by atoms with Gasteiger partial charge in [-0.2, -0.15) is 0 Å². The lowest BCUT2D eigenvalue weighted by Crippen LogP contribution is -2.36. The van der Waals surface area contributed by atoms with E-state index in [-0.39, 0.29) is 0 Å². The highest BCUT2D eigenvalue weighted by Crippen LogP contribution is 2.11. The molecule has 0 aromatic carbocycles. The van der Waals surface area contributed by atoms with Gasteiger partial charge < -0.3 is 4.74 Å². The van der Waals surface area contributed by atoms with Gasteiger partial charge in [-0.1, -0.05) is 11.3 Å². The first kappa shape index (κ1) is 10.3. The van der Waals surface area contributed by atoms with E-state index >= 15 is 0 Å². The van der Waals surface area contributed by atoms with Crippen molar-refractivity contribution in [2.75, 3.05) is 26.3 Å². The van der Waals surface area contributed by atoms with Crippen LogP contribution in [0.4, 0.5) is 0 Å². The zero-order chi connectivity index (χ0) is 11.0. The molecule has 86 valence electrons. The number of aromatic nitrogens is 4. The third kappa shape index (κ3) is 1.88. The summed E-state index contributed by atoms with van der Waals surface area (Å²) in [7, 11) is 0. The molecule has 2 aromatic heterocycles. The SMILES string of the molecule is S=c1[nH]n2c(CN3CCOCC3)nnc2s1. The van der Waals surface area contributed by atoms with Crippen LogP contribution >= 0.6 is 23.6 Å². The van der Waals surface area contributed by atoms with E-state index in [1.165, 1.54) is 11.3 Å². The molecule has 8 heteroatoms. The van der Waals surface area contributed by atoms with Crippen molar-refractivity contribution in [3.8, 4) is 0 Å². The Morgan fingerprint density at radius 1 is 1.38 bits per heavy atom. The molecule has 1 saturated heterocycles. The van der Waals surface area contributed by atoms with Crippen LogP contribution in [0.25, 0.3) is 4.96 Å². The summed E-state index contributed by atoms with van der Waals surface area (Å²) in [5.41, 5.74) is 0. The van der Waals surface area contributed by atoms with Gasteiger partial charge in [-0.25, -0.2) is 4.52 Å². The molecule has 0 spiro atoms. The molecule has 0 amide bonds. The minimum absolute atomic E-state index is 0.730. The van der Waals surface area contributed by atoms with Crippen LogP contribution in [-0.4, -0.2) is 51.0 Å². The molecule has 3 rings (SSSR count). The van der Waals surface area contributed by atoms with E-state index in [2.05, 4.69) is 20.2 Å². The number of nitrogens with zero attached hydrogens (tertiary/aromatic N) is 4. The minimum atomic E-state index is 0.730. The van der Waals surface area contributed by atoms with Crippen molar-refractivity contribution in [1.82, 2.24) is 24.7 Å². The highest BCUT2D eigenvalue weighted by atomic mass is 32.1. The summed E-state index contributed by atoms with van der Waals surface area (Å²) in [6.07, 6.45) is 0. The summed E-state index contributed by atoms with van der Waals surface area (Å²) in [6, 6.07) is 0. The normalized spacial score (nSPS) is 18.2. The van der Waals surface area contributed by atoms with Crippen molar-refractivity contribution in [2.45, 2.75) is 6.54 Å². The van der Waals surface area contributed by atoms with Crippen LogP contribution < -0.4 is 0 Å². The van der Waals surface area contributed by atoms with Gasteiger partial charge in [0.25, 0.3) is 0 Å². The standard InChI is InChI=1S/C8H11N5OS2/c15-8-11-13-6(9-10-7(13)16-8)5-12-1-3-14-4-2-12/h1-5H2,(H,11,15). The van der Waals surface area contributed by atoms with Gasteiger partial charge in [0.2, 0.25) is 4.96 Å². The molecule has 0 radical (unpaired) electrons. The van der Waals surface area contributed by atoms with E-state index in [4.69, 9.17) is 17.0 Å². The maximum absolute atomic E-state index is 5.30. The maximum atomic E-state index is 5.30. The quantitative estimate of drug-likeness (QED) is 0.802. The largest absolute Gasteiger partial charge is 0.379 e. The molecule has 0 saturated carbocycles. The molecule has 3 heterocycles. The molecule has 0 aliphatic carbocycles. The van der Waals surface area contributed by atoms with Gasteiger partial charge in [-0.15, -0.1) is 10.2 Å². The molecule has 1 fully saturated rings. The monoisotopic (exact) mass is 257 g/mol. The Hall–Kier alpha value is -0.830. The Morgan fingerprint density at radius 3 is 3.00 bits per heavy atom. The number of morpholine rings is 1. The van der Waals surface area contributed by atoms with Crippen molar-refractivity contribution in [2.24, 2.45) is 0 Å². The molecular weight excluding hydrogens is 246 g/mol. The second-order valence-electron chi connectivity index (χ2n) is 3.62. The molecular formula is C8H11N5OS2. The van der Waals surface area contributed by atoms with Crippen molar-refractivity contribution in [1.29, 1.82) is 0 Å². The van der Waals surface area contributed by atoms with Gasteiger partial charge in [-0.05, 0) is 12.2 Å².